The average Bonchev–Trinajstić information content (AvgIpc) is 2.74. The van der Waals surface area contributed by atoms with E-state index >= 15 is 0 Å². The van der Waals surface area contributed by atoms with E-state index in [2.05, 4.69) is 4.90 Å². The smallest absolute Gasteiger partial charge is 0.410 e. The highest BCUT2D eigenvalue weighted by molar-refractivity contribution is 5.79. The molecule has 3 saturated heterocycles. The van der Waals surface area contributed by atoms with Crippen molar-refractivity contribution < 1.29 is 19.1 Å². The number of carbonyl (C=O) groups is 3. The van der Waals surface area contributed by atoms with E-state index in [0.717, 1.165) is 51.9 Å². The summed E-state index contributed by atoms with van der Waals surface area (Å²) in [6.45, 7) is 12.1. The molecule has 0 aromatic rings. The maximum absolute atomic E-state index is 12.8. The van der Waals surface area contributed by atoms with Gasteiger partial charge in [0.25, 0.3) is 0 Å². The topological polar surface area (TPSA) is 73.4 Å². The molecule has 176 valence electrons. The molecule has 8 heteroatoms. The summed E-state index contributed by atoms with van der Waals surface area (Å²) in [4.78, 5) is 45.3. The largest absolute Gasteiger partial charge is 0.444 e. The van der Waals surface area contributed by atoms with Gasteiger partial charge in [-0.1, -0.05) is 0 Å². The Kier molecular flexibility index (Phi) is 8.19. The number of rotatable bonds is 4. The minimum Gasteiger partial charge on any atom is -0.444 e. The molecule has 31 heavy (non-hydrogen) atoms. The first-order chi connectivity index (χ1) is 14.7. The van der Waals surface area contributed by atoms with Gasteiger partial charge in [-0.15, -0.1) is 0 Å². The van der Waals surface area contributed by atoms with Crippen LogP contribution in [0.4, 0.5) is 4.79 Å². The molecule has 3 aliphatic heterocycles. The Morgan fingerprint density at radius 1 is 0.742 bits per heavy atom. The second-order valence-electron chi connectivity index (χ2n) is 10.2. The number of nitrogens with zero attached hydrogens (tertiary/aromatic N) is 4. The van der Waals surface area contributed by atoms with Crippen molar-refractivity contribution in [2.75, 3.05) is 58.9 Å². The van der Waals surface area contributed by atoms with Gasteiger partial charge in [0.1, 0.15) is 5.60 Å². The average molecular weight is 437 g/mol. The van der Waals surface area contributed by atoms with Crippen LogP contribution < -0.4 is 0 Å². The summed E-state index contributed by atoms with van der Waals surface area (Å²) < 4.78 is 5.44. The number of amides is 3. The van der Waals surface area contributed by atoms with Crippen LogP contribution in [0.5, 0.6) is 0 Å². The van der Waals surface area contributed by atoms with E-state index in [0.29, 0.717) is 45.1 Å². The van der Waals surface area contributed by atoms with Crippen molar-refractivity contribution in [1.82, 2.24) is 19.6 Å². The van der Waals surface area contributed by atoms with Gasteiger partial charge in [0.2, 0.25) is 11.8 Å². The van der Waals surface area contributed by atoms with Gasteiger partial charge in [-0.25, -0.2) is 4.79 Å². The maximum Gasteiger partial charge on any atom is 0.410 e. The van der Waals surface area contributed by atoms with E-state index in [4.69, 9.17) is 4.74 Å². The van der Waals surface area contributed by atoms with Gasteiger partial charge in [0.05, 0.1) is 6.54 Å². The highest BCUT2D eigenvalue weighted by Crippen LogP contribution is 2.23. The van der Waals surface area contributed by atoms with E-state index < -0.39 is 5.60 Å². The first-order valence-corrected chi connectivity index (χ1v) is 12.0. The highest BCUT2D eigenvalue weighted by Gasteiger charge is 2.30. The van der Waals surface area contributed by atoms with Crippen molar-refractivity contribution in [3.05, 3.63) is 0 Å². The Balaban J connectivity index is 1.34. The summed E-state index contributed by atoms with van der Waals surface area (Å²) in [5.41, 5.74) is -0.482. The minimum absolute atomic E-state index is 0.206. The molecule has 8 nitrogen and oxygen atoms in total. The van der Waals surface area contributed by atoms with Crippen LogP contribution in [0.15, 0.2) is 0 Å². The molecule has 0 aromatic heterocycles. The third kappa shape index (κ3) is 7.37. The van der Waals surface area contributed by atoms with Crippen LogP contribution in [-0.2, 0) is 14.3 Å². The molecule has 3 fully saturated rings. The molecule has 0 atom stereocenters. The lowest BCUT2D eigenvalue weighted by Crippen LogP contribution is -2.52. The summed E-state index contributed by atoms with van der Waals surface area (Å²) in [5, 5.41) is 0. The molecular weight excluding hydrogens is 396 g/mol. The summed E-state index contributed by atoms with van der Waals surface area (Å²) in [7, 11) is 0. The van der Waals surface area contributed by atoms with Crippen molar-refractivity contribution >= 4 is 17.9 Å². The zero-order valence-electron chi connectivity index (χ0n) is 19.6. The van der Waals surface area contributed by atoms with Crippen molar-refractivity contribution in [2.45, 2.75) is 64.9 Å². The van der Waals surface area contributed by atoms with Crippen LogP contribution >= 0.6 is 0 Å². The lowest BCUT2D eigenvalue weighted by Gasteiger charge is -2.37. The molecule has 3 aliphatic rings. The van der Waals surface area contributed by atoms with Crippen molar-refractivity contribution in [3.63, 3.8) is 0 Å². The molecule has 0 radical (unpaired) electrons. The summed E-state index contributed by atoms with van der Waals surface area (Å²) in [6, 6.07) is 0. The van der Waals surface area contributed by atoms with Gasteiger partial charge >= 0.3 is 6.09 Å². The second kappa shape index (κ2) is 10.7. The number of hydrogen-bond donors (Lipinski definition) is 0. The predicted molar refractivity (Wildman–Crippen MR) is 119 cm³/mol. The van der Waals surface area contributed by atoms with Crippen LogP contribution in [0, 0.1) is 5.92 Å². The molecule has 0 aliphatic carbocycles. The minimum atomic E-state index is -0.482. The Labute approximate surface area is 186 Å². The van der Waals surface area contributed by atoms with Gasteiger partial charge in [0, 0.05) is 58.8 Å². The first-order valence-electron chi connectivity index (χ1n) is 12.0. The van der Waals surface area contributed by atoms with E-state index in [1.54, 1.807) is 4.90 Å². The summed E-state index contributed by atoms with van der Waals surface area (Å²) in [5.74, 6) is 0.763. The van der Waals surface area contributed by atoms with Crippen molar-refractivity contribution in [2.24, 2.45) is 5.92 Å². The van der Waals surface area contributed by atoms with Gasteiger partial charge in [-0.3, -0.25) is 14.5 Å². The number of piperidine rings is 2. The number of likely N-dealkylation sites (tertiary alicyclic amines) is 2. The lowest BCUT2D eigenvalue weighted by atomic mass is 9.93. The third-order valence-corrected chi connectivity index (χ3v) is 6.52. The van der Waals surface area contributed by atoms with Gasteiger partial charge in [0.15, 0.2) is 0 Å². The van der Waals surface area contributed by atoms with Crippen LogP contribution in [0.1, 0.15) is 59.3 Å². The fraction of sp³-hybridized carbons (Fsp3) is 0.870. The van der Waals surface area contributed by atoms with Crippen molar-refractivity contribution in [1.29, 1.82) is 0 Å². The SMILES string of the molecule is CC(C)(C)OC(=O)N1CCC(CC(=O)N2CCN(CC(=O)N3CCCCC3)CC2)CC1. The molecule has 3 amide bonds. The normalized spacial score (nSPS) is 21.8. The highest BCUT2D eigenvalue weighted by atomic mass is 16.6. The van der Waals surface area contributed by atoms with E-state index in [1.807, 2.05) is 30.6 Å². The monoisotopic (exact) mass is 436 g/mol. The molecule has 0 unspecified atom stereocenters. The van der Waals surface area contributed by atoms with Gasteiger partial charge < -0.3 is 19.4 Å². The van der Waals surface area contributed by atoms with Gasteiger partial charge in [-0.05, 0) is 58.8 Å². The molecule has 0 spiro atoms. The fourth-order valence-electron chi connectivity index (χ4n) is 4.61. The standard InChI is InChI=1S/C23H40N4O4/c1-23(2,3)31-22(30)27-11-7-19(8-12-27)17-20(28)26-15-13-24(14-16-26)18-21(29)25-9-5-4-6-10-25/h19H,4-18H2,1-3H3. The van der Waals surface area contributed by atoms with E-state index in [-0.39, 0.29) is 17.9 Å². The quantitative estimate of drug-likeness (QED) is 0.675. The van der Waals surface area contributed by atoms with Crippen LogP contribution in [0.2, 0.25) is 0 Å². The number of carbonyl (C=O) groups excluding carboxylic acids is 3. The zero-order chi connectivity index (χ0) is 22.4. The molecular formula is C23H40N4O4. The van der Waals surface area contributed by atoms with E-state index in [1.165, 1.54) is 6.42 Å². The lowest BCUT2D eigenvalue weighted by molar-refractivity contribution is -0.136. The Morgan fingerprint density at radius 2 is 1.32 bits per heavy atom. The van der Waals surface area contributed by atoms with Crippen molar-refractivity contribution in [3.8, 4) is 0 Å². The Hall–Kier alpha value is -1.83. The maximum atomic E-state index is 12.8. The Bertz CT molecular complexity index is 626. The molecule has 0 bridgehead atoms. The van der Waals surface area contributed by atoms with Crippen LogP contribution in [0.3, 0.4) is 0 Å². The second-order valence-corrected chi connectivity index (χ2v) is 10.2. The van der Waals surface area contributed by atoms with Crippen LogP contribution in [-0.4, -0.2) is 102 Å². The van der Waals surface area contributed by atoms with Crippen LogP contribution in [0.25, 0.3) is 0 Å². The first kappa shape index (κ1) is 23.8. The Morgan fingerprint density at radius 3 is 1.90 bits per heavy atom. The number of ether oxygens (including phenoxy) is 1. The number of hydrogen-bond acceptors (Lipinski definition) is 5. The number of piperazine rings is 1. The summed E-state index contributed by atoms with van der Waals surface area (Å²) >= 11 is 0. The molecule has 0 aromatic carbocycles. The predicted octanol–water partition coefficient (Wildman–Crippen LogP) is 2.18. The van der Waals surface area contributed by atoms with E-state index in [9.17, 15) is 14.4 Å². The molecule has 0 N–H and O–H groups in total. The third-order valence-electron chi connectivity index (χ3n) is 6.52. The summed E-state index contributed by atoms with van der Waals surface area (Å²) in [6.07, 6.45) is 5.44. The fourth-order valence-corrected chi connectivity index (χ4v) is 4.61. The van der Waals surface area contributed by atoms with Gasteiger partial charge in [-0.2, -0.15) is 0 Å². The molecule has 0 saturated carbocycles. The zero-order valence-corrected chi connectivity index (χ0v) is 19.6. The molecule has 3 heterocycles. The molecule has 3 rings (SSSR count).